The minimum Gasteiger partial charge on any atom is -0.379 e. The SMILES string of the molecule is CC(C)CC(CNC(=O)Cc1ccc2ccccc2c1)N1CCOCC1. The highest BCUT2D eigenvalue weighted by molar-refractivity contribution is 5.85. The van der Waals surface area contributed by atoms with Crippen LogP contribution in [-0.4, -0.2) is 49.7 Å². The van der Waals surface area contributed by atoms with Gasteiger partial charge in [-0.25, -0.2) is 0 Å². The van der Waals surface area contributed by atoms with E-state index >= 15 is 0 Å². The fourth-order valence-corrected chi connectivity index (χ4v) is 3.68. The molecule has 2 aromatic rings. The Morgan fingerprint density at radius 2 is 1.85 bits per heavy atom. The van der Waals surface area contributed by atoms with Gasteiger partial charge in [0.1, 0.15) is 0 Å². The zero-order valence-electron chi connectivity index (χ0n) is 15.9. The lowest BCUT2D eigenvalue weighted by molar-refractivity contribution is -0.120. The van der Waals surface area contributed by atoms with Crippen molar-refractivity contribution in [2.24, 2.45) is 5.92 Å². The monoisotopic (exact) mass is 354 g/mol. The molecule has 0 radical (unpaired) electrons. The summed E-state index contributed by atoms with van der Waals surface area (Å²) in [6.07, 6.45) is 1.53. The molecule has 1 amide bonds. The molecule has 1 saturated heterocycles. The molecule has 1 fully saturated rings. The number of morpholine rings is 1. The summed E-state index contributed by atoms with van der Waals surface area (Å²) in [7, 11) is 0. The van der Waals surface area contributed by atoms with E-state index in [1.54, 1.807) is 0 Å². The van der Waals surface area contributed by atoms with Crippen LogP contribution in [0, 0.1) is 5.92 Å². The van der Waals surface area contributed by atoms with Crippen LogP contribution in [0.4, 0.5) is 0 Å². The number of carbonyl (C=O) groups excluding carboxylic acids is 1. The maximum Gasteiger partial charge on any atom is 0.224 e. The topological polar surface area (TPSA) is 41.6 Å². The lowest BCUT2D eigenvalue weighted by atomic mass is 10.0. The summed E-state index contributed by atoms with van der Waals surface area (Å²) < 4.78 is 5.47. The predicted octanol–water partition coefficient (Wildman–Crippen LogP) is 3.25. The van der Waals surface area contributed by atoms with E-state index in [4.69, 9.17) is 4.74 Å². The van der Waals surface area contributed by atoms with Crippen molar-refractivity contribution in [2.75, 3.05) is 32.8 Å². The smallest absolute Gasteiger partial charge is 0.224 e. The molecule has 1 N–H and O–H groups in total. The Kier molecular flexibility index (Phi) is 6.64. The fourth-order valence-electron chi connectivity index (χ4n) is 3.68. The van der Waals surface area contributed by atoms with Crippen molar-refractivity contribution < 1.29 is 9.53 Å². The lowest BCUT2D eigenvalue weighted by Gasteiger charge is -2.35. The number of carbonyl (C=O) groups is 1. The third-order valence-corrected chi connectivity index (χ3v) is 5.02. The van der Waals surface area contributed by atoms with Crippen LogP contribution >= 0.6 is 0 Å². The summed E-state index contributed by atoms with van der Waals surface area (Å²) in [4.78, 5) is 14.9. The van der Waals surface area contributed by atoms with Gasteiger partial charge in [0.25, 0.3) is 0 Å². The fraction of sp³-hybridized carbons (Fsp3) is 0.500. The van der Waals surface area contributed by atoms with Gasteiger partial charge in [-0.05, 0) is 28.7 Å². The molecule has 1 unspecified atom stereocenters. The highest BCUT2D eigenvalue weighted by Gasteiger charge is 2.22. The van der Waals surface area contributed by atoms with Gasteiger partial charge >= 0.3 is 0 Å². The van der Waals surface area contributed by atoms with Crippen molar-refractivity contribution in [3.05, 3.63) is 48.0 Å². The minimum absolute atomic E-state index is 0.0993. The highest BCUT2D eigenvalue weighted by Crippen LogP contribution is 2.16. The van der Waals surface area contributed by atoms with Crippen LogP contribution in [0.2, 0.25) is 0 Å². The van der Waals surface area contributed by atoms with E-state index in [0.717, 1.165) is 38.3 Å². The number of benzene rings is 2. The van der Waals surface area contributed by atoms with E-state index in [0.29, 0.717) is 24.9 Å². The zero-order valence-corrected chi connectivity index (χ0v) is 15.9. The summed E-state index contributed by atoms with van der Waals surface area (Å²) >= 11 is 0. The van der Waals surface area contributed by atoms with Crippen LogP contribution in [0.15, 0.2) is 42.5 Å². The largest absolute Gasteiger partial charge is 0.379 e. The highest BCUT2D eigenvalue weighted by atomic mass is 16.5. The number of nitrogens with one attached hydrogen (secondary N) is 1. The molecular weight excluding hydrogens is 324 g/mol. The first-order valence-electron chi connectivity index (χ1n) is 9.68. The van der Waals surface area contributed by atoms with Crippen molar-refractivity contribution in [2.45, 2.75) is 32.7 Å². The van der Waals surface area contributed by atoms with E-state index in [1.165, 1.54) is 10.8 Å². The van der Waals surface area contributed by atoms with Crippen molar-refractivity contribution in [1.29, 1.82) is 0 Å². The Morgan fingerprint density at radius 3 is 2.58 bits per heavy atom. The Morgan fingerprint density at radius 1 is 1.12 bits per heavy atom. The Hall–Kier alpha value is -1.91. The first-order valence-corrected chi connectivity index (χ1v) is 9.68. The molecule has 0 aromatic heterocycles. The molecule has 26 heavy (non-hydrogen) atoms. The molecule has 140 valence electrons. The van der Waals surface area contributed by atoms with Gasteiger partial charge in [-0.15, -0.1) is 0 Å². The van der Waals surface area contributed by atoms with Crippen molar-refractivity contribution in [3.63, 3.8) is 0 Å². The van der Waals surface area contributed by atoms with Crippen LogP contribution in [0.1, 0.15) is 25.8 Å². The molecule has 4 heteroatoms. The summed E-state index contributed by atoms with van der Waals surface area (Å²) in [6.45, 7) is 8.69. The van der Waals surface area contributed by atoms with Gasteiger partial charge in [0.05, 0.1) is 19.6 Å². The number of fused-ring (bicyclic) bond motifs is 1. The Balaban J connectivity index is 1.56. The lowest BCUT2D eigenvalue weighted by Crippen LogP contribution is -2.49. The summed E-state index contributed by atoms with van der Waals surface area (Å²) in [5.74, 6) is 0.711. The van der Waals surface area contributed by atoms with Crippen LogP contribution in [-0.2, 0) is 16.0 Å². The predicted molar refractivity (Wildman–Crippen MR) is 106 cm³/mol. The molecule has 1 atom stereocenters. The first-order chi connectivity index (χ1) is 12.6. The number of amides is 1. The van der Waals surface area contributed by atoms with E-state index in [-0.39, 0.29) is 5.91 Å². The zero-order chi connectivity index (χ0) is 18.4. The van der Waals surface area contributed by atoms with E-state index in [9.17, 15) is 4.79 Å². The molecule has 1 aliphatic heterocycles. The second kappa shape index (κ2) is 9.15. The van der Waals surface area contributed by atoms with Gasteiger partial charge in [0.2, 0.25) is 5.91 Å². The quantitative estimate of drug-likeness (QED) is 0.830. The van der Waals surface area contributed by atoms with Crippen LogP contribution in [0.25, 0.3) is 10.8 Å². The second-order valence-electron chi connectivity index (χ2n) is 7.59. The molecular formula is C22H30N2O2. The molecule has 0 saturated carbocycles. The maximum atomic E-state index is 12.5. The summed E-state index contributed by atoms with van der Waals surface area (Å²) in [6, 6.07) is 14.9. The van der Waals surface area contributed by atoms with Crippen molar-refractivity contribution in [1.82, 2.24) is 10.2 Å². The van der Waals surface area contributed by atoms with Crippen molar-refractivity contribution in [3.8, 4) is 0 Å². The van der Waals surface area contributed by atoms with Gasteiger partial charge < -0.3 is 10.1 Å². The van der Waals surface area contributed by atoms with Gasteiger partial charge in [0, 0.05) is 25.7 Å². The summed E-state index contributed by atoms with van der Waals surface area (Å²) in [5.41, 5.74) is 1.06. The van der Waals surface area contributed by atoms with E-state index in [1.807, 2.05) is 12.1 Å². The number of hydrogen-bond donors (Lipinski definition) is 1. The molecule has 0 aliphatic carbocycles. The standard InChI is InChI=1S/C22H30N2O2/c1-17(2)13-21(24-9-11-26-12-10-24)16-23-22(25)15-18-7-8-19-5-3-4-6-20(19)14-18/h3-8,14,17,21H,9-13,15-16H2,1-2H3,(H,23,25). The Labute approximate surface area is 156 Å². The maximum absolute atomic E-state index is 12.5. The van der Waals surface area contributed by atoms with Gasteiger partial charge in [-0.1, -0.05) is 56.3 Å². The van der Waals surface area contributed by atoms with E-state index in [2.05, 4.69) is 54.4 Å². The van der Waals surface area contributed by atoms with Gasteiger partial charge in [-0.2, -0.15) is 0 Å². The second-order valence-corrected chi connectivity index (χ2v) is 7.59. The molecule has 0 bridgehead atoms. The summed E-state index contributed by atoms with van der Waals surface area (Å²) in [5, 5.41) is 5.55. The number of ether oxygens (including phenoxy) is 1. The van der Waals surface area contributed by atoms with Crippen LogP contribution < -0.4 is 5.32 Å². The van der Waals surface area contributed by atoms with Crippen molar-refractivity contribution >= 4 is 16.7 Å². The Bertz CT molecular complexity index is 723. The molecule has 3 rings (SSSR count). The number of hydrogen-bond acceptors (Lipinski definition) is 3. The normalized spacial score (nSPS) is 16.7. The first kappa shape index (κ1) is 18.9. The average Bonchev–Trinajstić information content (AvgIpc) is 2.65. The van der Waals surface area contributed by atoms with Crippen LogP contribution in [0.3, 0.4) is 0 Å². The van der Waals surface area contributed by atoms with E-state index < -0.39 is 0 Å². The molecule has 4 nitrogen and oxygen atoms in total. The molecule has 1 aliphatic rings. The van der Waals surface area contributed by atoms with Gasteiger partial charge in [0.15, 0.2) is 0 Å². The molecule has 0 spiro atoms. The van der Waals surface area contributed by atoms with Crippen LogP contribution in [0.5, 0.6) is 0 Å². The van der Waals surface area contributed by atoms with Gasteiger partial charge in [-0.3, -0.25) is 9.69 Å². The molecule has 2 aromatic carbocycles. The minimum atomic E-state index is 0.0993. The number of nitrogens with zero attached hydrogens (tertiary/aromatic N) is 1. The molecule has 1 heterocycles. The third-order valence-electron chi connectivity index (χ3n) is 5.02. The average molecular weight is 354 g/mol. The number of rotatable bonds is 7. The third kappa shape index (κ3) is 5.29.